The summed E-state index contributed by atoms with van der Waals surface area (Å²) in [7, 11) is 3.35. The number of benzene rings is 1. The number of methoxy groups -OCH3 is 1. The molecule has 25 heavy (non-hydrogen) atoms. The topological polar surface area (TPSA) is 50.6 Å². The van der Waals surface area contributed by atoms with E-state index in [2.05, 4.69) is 49.9 Å². The smallest absolute Gasteiger partial charge is 0.282 e. The average molecular weight is 407 g/mol. The maximum Gasteiger partial charge on any atom is 0.282 e. The van der Waals surface area contributed by atoms with Gasteiger partial charge in [-0.2, -0.15) is 5.10 Å². The van der Waals surface area contributed by atoms with Gasteiger partial charge >= 0.3 is 0 Å². The van der Waals surface area contributed by atoms with Crippen LogP contribution in [0.15, 0.2) is 39.7 Å². The predicted octanol–water partition coefficient (Wildman–Crippen LogP) is 2.43. The van der Waals surface area contributed by atoms with Crippen molar-refractivity contribution in [3.63, 3.8) is 0 Å². The maximum absolute atomic E-state index is 12.1. The predicted molar refractivity (Wildman–Crippen MR) is 102 cm³/mol. The number of aromatic nitrogens is 2. The van der Waals surface area contributed by atoms with Gasteiger partial charge in [0.1, 0.15) is 10.2 Å². The first-order valence-corrected chi connectivity index (χ1v) is 9.15. The second-order valence-electron chi connectivity index (χ2n) is 6.25. The standard InChI is InChI=1S/C18H23BrN4O2/c1-13(14-5-4-6-15(11-14)25-3)22-7-9-23(10-8-22)16-12-20-21(2)18(24)17(16)19/h4-6,11-13H,7-10H2,1-3H3. The zero-order valence-corrected chi connectivity index (χ0v) is 16.4. The summed E-state index contributed by atoms with van der Waals surface area (Å²) in [6.45, 7) is 5.81. The van der Waals surface area contributed by atoms with Crippen LogP contribution < -0.4 is 15.2 Å². The fourth-order valence-corrected chi connectivity index (χ4v) is 3.79. The number of piperazine rings is 1. The Morgan fingerprint density at radius 3 is 2.64 bits per heavy atom. The van der Waals surface area contributed by atoms with Crippen LogP contribution in [-0.4, -0.2) is 48.0 Å². The van der Waals surface area contributed by atoms with E-state index in [1.807, 2.05) is 12.1 Å². The summed E-state index contributed by atoms with van der Waals surface area (Å²) >= 11 is 3.42. The number of hydrogen-bond donors (Lipinski definition) is 0. The Bertz CT molecular complexity index is 800. The fourth-order valence-electron chi connectivity index (χ4n) is 3.18. The molecule has 1 unspecified atom stereocenters. The molecule has 1 aromatic carbocycles. The monoisotopic (exact) mass is 406 g/mol. The van der Waals surface area contributed by atoms with Crippen LogP contribution in [0.25, 0.3) is 0 Å². The van der Waals surface area contributed by atoms with Crippen molar-refractivity contribution in [2.75, 3.05) is 38.2 Å². The highest BCUT2D eigenvalue weighted by atomic mass is 79.9. The first-order chi connectivity index (χ1) is 12.0. The minimum absolute atomic E-state index is 0.107. The van der Waals surface area contributed by atoms with Gasteiger partial charge in [-0.05, 0) is 40.5 Å². The average Bonchev–Trinajstić information content (AvgIpc) is 2.66. The summed E-state index contributed by atoms with van der Waals surface area (Å²) in [5, 5.41) is 4.14. The Morgan fingerprint density at radius 2 is 1.96 bits per heavy atom. The molecule has 2 aromatic rings. The quantitative estimate of drug-likeness (QED) is 0.780. The Labute approximate surface area is 156 Å². The molecule has 0 aliphatic carbocycles. The van der Waals surface area contributed by atoms with Crippen LogP contribution >= 0.6 is 15.9 Å². The van der Waals surface area contributed by atoms with Gasteiger partial charge in [-0.3, -0.25) is 9.69 Å². The fraction of sp³-hybridized carbons (Fsp3) is 0.444. The van der Waals surface area contributed by atoms with Crippen molar-refractivity contribution in [2.24, 2.45) is 7.05 Å². The van der Waals surface area contributed by atoms with Crippen molar-refractivity contribution in [3.8, 4) is 5.75 Å². The third kappa shape index (κ3) is 3.72. The Morgan fingerprint density at radius 1 is 1.24 bits per heavy atom. The molecular formula is C18H23BrN4O2. The first kappa shape index (κ1) is 17.9. The van der Waals surface area contributed by atoms with Gasteiger partial charge in [-0.25, -0.2) is 4.68 Å². The van der Waals surface area contributed by atoms with Crippen LogP contribution in [0.5, 0.6) is 5.75 Å². The van der Waals surface area contributed by atoms with E-state index in [4.69, 9.17) is 4.74 Å². The van der Waals surface area contributed by atoms with E-state index in [0.717, 1.165) is 37.6 Å². The van der Waals surface area contributed by atoms with E-state index in [1.165, 1.54) is 10.2 Å². The lowest BCUT2D eigenvalue weighted by atomic mass is 10.1. The zero-order valence-electron chi connectivity index (χ0n) is 14.8. The van der Waals surface area contributed by atoms with Crippen molar-refractivity contribution in [3.05, 3.63) is 50.9 Å². The van der Waals surface area contributed by atoms with Crippen LogP contribution in [0.4, 0.5) is 5.69 Å². The number of hydrogen-bond acceptors (Lipinski definition) is 5. The number of halogens is 1. The van der Waals surface area contributed by atoms with Crippen LogP contribution in [0.2, 0.25) is 0 Å². The first-order valence-electron chi connectivity index (χ1n) is 8.36. The number of aryl methyl sites for hydroxylation is 1. The molecule has 0 N–H and O–H groups in total. The Hall–Kier alpha value is -1.86. The van der Waals surface area contributed by atoms with Crippen LogP contribution in [0.1, 0.15) is 18.5 Å². The van der Waals surface area contributed by atoms with Gasteiger partial charge < -0.3 is 9.64 Å². The molecule has 7 heteroatoms. The third-order valence-electron chi connectivity index (χ3n) is 4.84. The molecule has 0 radical (unpaired) electrons. The number of nitrogens with zero attached hydrogens (tertiary/aromatic N) is 4. The molecule has 1 saturated heterocycles. The molecular weight excluding hydrogens is 384 g/mol. The third-order valence-corrected chi connectivity index (χ3v) is 5.58. The molecule has 1 aliphatic heterocycles. The maximum atomic E-state index is 12.1. The van der Waals surface area contributed by atoms with Crippen LogP contribution in [-0.2, 0) is 7.05 Å². The van der Waals surface area contributed by atoms with Crippen molar-refractivity contribution >= 4 is 21.6 Å². The molecule has 1 atom stereocenters. The van der Waals surface area contributed by atoms with E-state index in [1.54, 1.807) is 20.4 Å². The molecule has 0 bridgehead atoms. The SMILES string of the molecule is COc1cccc(C(C)N2CCN(c3cnn(C)c(=O)c3Br)CC2)c1. The van der Waals surface area contributed by atoms with E-state index in [9.17, 15) is 4.79 Å². The molecule has 1 aliphatic rings. The largest absolute Gasteiger partial charge is 0.497 e. The van der Waals surface area contributed by atoms with Gasteiger partial charge in [0.25, 0.3) is 5.56 Å². The minimum Gasteiger partial charge on any atom is -0.497 e. The van der Waals surface area contributed by atoms with Gasteiger partial charge in [-0.15, -0.1) is 0 Å². The van der Waals surface area contributed by atoms with Crippen LogP contribution in [0.3, 0.4) is 0 Å². The van der Waals surface area contributed by atoms with Gasteiger partial charge in [0.2, 0.25) is 0 Å². The highest BCUT2D eigenvalue weighted by molar-refractivity contribution is 9.10. The van der Waals surface area contributed by atoms with Crippen molar-refractivity contribution in [1.82, 2.24) is 14.7 Å². The lowest BCUT2D eigenvalue weighted by molar-refractivity contribution is 0.198. The van der Waals surface area contributed by atoms with Gasteiger partial charge in [0, 0.05) is 39.3 Å². The van der Waals surface area contributed by atoms with E-state index >= 15 is 0 Å². The second kappa shape index (κ2) is 7.58. The summed E-state index contributed by atoms with van der Waals surface area (Å²) in [4.78, 5) is 16.7. The number of ether oxygens (including phenoxy) is 1. The lowest BCUT2D eigenvalue weighted by Crippen LogP contribution is -2.47. The van der Waals surface area contributed by atoms with E-state index < -0.39 is 0 Å². The van der Waals surface area contributed by atoms with Crippen molar-refractivity contribution in [1.29, 1.82) is 0 Å². The van der Waals surface area contributed by atoms with Crippen molar-refractivity contribution < 1.29 is 4.74 Å². The molecule has 0 amide bonds. The van der Waals surface area contributed by atoms with Gasteiger partial charge in [-0.1, -0.05) is 12.1 Å². The number of anilines is 1. The Kier molecular flexibility index (Phi) is 5.44. The molecule has 3 rings (SSSR count). The number of rotatable bonds is 4. The van der Waals surface area contributed by atoms with E-state index in [-0.39, 0.29) is 5.56 Å². The molecule has 6 nitrogen and oxygen atoms in total. The van der Waals surface area contributed by atoms with Crippen molar-refractivity contribution in [2.45, 2.75) is 13.0 Å². The molecule has 134 valence electrons. The molecule has 1 aromatic heterocycles. The zero-order chi connectivity index (χ0) is 18.0. The second-order valence-corrected chi connectivity index (χ2v) is 7.04. The van der Waals surface area contributed by atoms with Crippen LogP contribution in [0, 0.1) is 0 Å². The summed E-state index contributed by atoms with van der Waals surface area (Å²) in [5.41, 5.74) is 2.02. The summed E-state index contributed by atoms with van der Waals surface area (Å²) in [5.74, 6) is 0.887. The Balaban J connectivity index is 1.69. The summed E-state index contributed by atoms with van der Waals surface area (Å²) in [6.07, 6.45) is 1.76. The minimum atomic E-state index is -0.107. The lowest BCUT2D eigenvalue weighted by Gasteiger charge is -2.39. The molecule has 1 fully saturated rings. The highest BCUT2D eigenvalue weighted by Gasteiger charge is 2.24. The highest BCUT2D eigenvalue weighted by Crippen LogP contribution is 2.27. The molecule has 2 heterocycles. The van der Waals surface area contributed by atoms with Gasteiger partial charge in [0.05, 0.1) is 19.0 Å². The normalized spacial score (nSPS) is 16.7. The van der Waals surface area contributed by atoms with E-state index in [0.29, 0.717) is 10.5 Å². The van der Waals surface area contributed by atoms with Gasteiger partial charge in [0.15, 0.2) is 0 Å². The summed E-state index contributed by atoms with van der Waals surface area (Å²) < 4.78 is 7.26. The molecule has 0 saturated carbocycles. The molecule has 0 spiro atoms. The summed E-state index contributed by atoms with van der Waals surface area (Å²) in [6, 6.07) is 8.56.